The average Bonchev–Trinajstić information content (AvgIpc) is 2.43. The summed E-state index contributed by atoms with van der Waals surface area (Å²) in [4.78, 5) is 11.0. The maximum Gasteiger partial charge on any atom is 0.335 e. The fourth-order valence-electron chi connectivity index (χ4n) is 0.980. The molecule has 122 valence electrons. The first-order valence-electron chi connectivity index (χ1n) is 6.24. The molecule has 4 N–H and O–H groups in total. The van der Waals surface area contributed by atoms with Gasteiger partial charge in [0.25, 0.3) is 0 Å². The molecular formula is C13H22O8. The van der Waals surface area contributed by atoms with Gasteiger partial charge in [-0.3, -0.25) is 0 Å². The fourth-order valence-corrected chi connectivity index (χ4v) is 0.980. The van der Waals surface area contributed by atoms with Gasteiger partial charge in [0.1, 0.15) is 18.8 Å². The van der Waals surface area contributed by atoms with Gasteiger partial charge in [-0.1, -0.05) is 6.58 Å². The van der Waals surface area contributed by atoms with Crippen molar-refractivity contribution in [3.05, 3.63) is 24.5 Å². The van der Waals surface area contributed by atoms with Gasteiger partial charge >= 0.3 is 5.97 Å². The van der Waals surface area contributed by atoms with Crippen LogP contribution in [0.3, 0.4) is 0 Å². The van der Waals surface area contributed by atoms with Crippen LogP contribution >= 0.6 is 0 Å². The monoisotopic (exact) mass is 306 g/mol. The first kappa shape index (κ1) is 19.6. The number of hydrogen-bond acceptors (Lipinski definition) is 8. The molecule has 0 heterocycles. The van der Waals surface area contributed by atoms with E-state index >= 15 is 0 Å². The Labute approximate surface area is 122 Å². The van der Waals surface area contributed by atoms with Crippen LogP contribution in [0, 0.1) is 0 Å². The van der Waals surface area contributed by atoms with Gasteiger partial charge in [0.2, 0.25) is 6.29 Å². The van der Waals surface area contributed by atoms with Crippen LogP contribution in [0.2, 0.25) is 0 Å². The highest BCUT2D eigenvalue weighted by atomic mass is 16.6. The molecule has 0 fully saturated rings. The quantitative estimate of drug-likeness (QED) is 0.160. The van der Waals surface area contributed by atoms with Crippen LogP contribution in [0.5, 0.6) is 0 Å². The summed E-state index contributed by atoms with van der Waals surface area (Å²) < 4.78 is 14.3. The molecule has 0 aromatic rings. The van der Waals surface area contributed by atoms with Crippen LogP contribution in [0.4, 0.5) is 0 Å². The van der Waals surface area contributed by atoms with E-state index in [1.807, 2.05) is 0 Å². The SMILES string of the molecule is C=C(C)C(=O)OC(O)C=COCC(O)COCC(O)CO. The molecule has 0 spiro atoms. The van der Waals surface area contributed by atoms with Crippen molar-refractivity contribution in [3.63, 3.8) is 0 Å². The summed E-state index contributed by atoms with van der Waals surface area (Å²) in [6.07, 6.45) is -1.26. The van der Waals surface area contributed by atoms with Crippen molar-refractivity contribution >= 4 is 5.97 Å². The second kappa shape index (κ2) is 11.2. The molecule has 0 rings (SSSR count). The summed E-state index contributed by atoms with van der Waals surface area (Å²) in [6, 6.07) is 0. The minimum atomic E-state index is -1.47. The number of carbonyl (C=O) groups is 1. The van der Waals surface area contributed by atoms with Gasteiger partial charge in [0.05, 0.1) is 26.1 Å². The summed E-state index contributed by atoms with van der Waals surface area (Å²) >= 11 is 0. The molecule has 0 aliphatic carbocycles. The van der Waals surface area contributed by atoms with Gasteiger partial charge in [-0.15, -0.1) is 0 Å². The molecule has 0 amide bonds. The third kappa shape index (κ3) is 10.9. The van der Waals surface area contributed by atoms with Crippen molar-refractivity contribution in [1.29, 1.82) is 0 Å². The largest absolute Gasteiger partial charge is 0.498 e. The Balaban J connectivity index is 3.74. The summed E-state index contributed by atoms with van der Waals surface area (Å²) in [5, 5.41) is 36.2. The lowest BCUT2D eigenvalue weighted by molar-refractivity contribution is -0.155. The van der Waals surface area contributed by atoms with Crippen LogP contribution in [0.1, 0.15) is 6.92 Å². The summed E-state index contributed by atoms with van der Waals surface area (Å²) in [5.74, 6) is -0.733. The fraction of sp³-hybridized carbons (Fsp3) is 0.615. The van der Waals surface area contributed by atoms with Gasteiger partial charge in [-0.25, -0.2) is 4.79 Å². The van der Waals surface area contributed by atoms with Crippen molar-refractivity contribution in [2.75, 3.05) is 26.4 Å². The molecule has 8 heteroatoms. The average molecular weight is 306 g/mol. The molecule has 0 radical (unpaired) electrons. The minimum absolute atomic E-state index is 0.0852. The van der Waals surface area contributed by atoms with E-state index in [-0.39, 0.29) is 25.4 Å². The van der Waals surface area contributed by atoms with Crippen LogP contribution in [0.25, 0.3) is 0 Å². The summed E-state index contributed by atoms with van der Waals surface area (Å²) in [5.41, 5.74) is 0.154. The summed E-state index contributed by atoms with van der Waals surface area (Å²) in [7, 11) is 0. The minimum Gasteiger partial charge on any atom is -0.498 e. The number of aliphatic hydroxyl groups is 4. The van der Waals surface area contributed by atoms with Crippen molar-refractivity contribution in [1.82, 2.24) is 0 Å². The number of hydrogen-bond donors (Lipinski definition) is 4. The van der Waals surface area contributed by atoms with Crippen molar-refractivity contribution in [3.8, 4) is 0 Å². The third-order valence-corrected chi connectivity index (χ3v) is 2.04. The second-order valence-corrected chi connectivity index (χ2v) is 4.27. The van der Waals surface area contributed by atoms with Crippen molar-refractivity contribution in [2.45, 2.75) is 25.4 Å². The van der Waals surface area contributed by atoms with Crippen LogP contribution in [0.15, 0.2) is 24.5 Å². The Hall–Kier alpha value is -1.45. The van der Waals surface area contributed by atoms with E-state index in [1.165, 1.54) is 6.92 Å². The maximum absolute atomic E-state index is 11.0. The Kier molecular flexibility index (Phi) is 10.5. The Morgan fingerprint density at radius 3 is 2.38 bits per heavy atom. The zero-order valence-corrected chi connectivity index (χ0v) is 11.8. The van der Waals surface area contributed by atoms with E-state index < -0.39 is 31.1 Å². The Morgan fingerprint density at radius 2 is 1.81 bits per heavy atom. The smallest absolute Gasteiger partial charge is 0.335 e. The molecule has 0 aliphatic heterocycles. The zero-order chi connectivity index (χ0) is 16.3. The Bertz CT molecular complexity index is 341. The first-order valence-corrected chi connectivity index (χ1v) is 6.24. The number of rotatable bonds is 11. The molecule has 21 heavy (non-hydrogen) atoms. The first-order chi connectivity index (χ1) is 9.86. The highest BCUT2D eigenvalue weighted by Crippen LogP contribution is 1.98. The highest BCUT2D eigenvalue weighted by Gasteiger charge is 2.09. The third-order valence-electron chi connectivity index (χ3n) is 2.04. The molecule has 0 saturated carbocycles. The van der Waals surface area contributed by atoms with Crippen LogP contribution < -0.4 is 0 Å². The molecule has 3 unspecified atom stereocenters. The molecule has 0 aromatic heterocycles. The van der Waals surface area contributed by atoms with Gasteiger partial charge < -0.3 is 34.6 Å². The molecule has 3 atom stereocenters. The van der Waals surface area contributed by atoms with Gasteiger partial charge in [0, 0.05) is 11.6 Å². The van der Waals surface area contributed by atoms with Crippen molar-refractivity contribution < 1.29 is 39.4 Å². The predicted octanol–water partition coefficient (Wildman–Crippen LogP) is -1.31. The van der Waals surface area contributed by atoms with E-state index in [9.17, 15) is 15.0 Å². The van der Waals surface area contributed by atoms with Gasteiger partial charge in [0.15, 0.2) is 0 Å². The molecule has 0 aliphatic rings. The predicted molar refractivity (Wildman–Crippen MR) is 71.9 cm³/mol. The molecule has 0 saturated heterocycles. The van der Waals surface area contributed by atoms with E-state index in [1.54, 1.807) is 0 Å². The number of ether oxygens (including phenoxy) is 3. The standard InChI is InChI=1S/C13H22O8/c1-9(2)13(18)21-12(17)3-4-19-7-11(16)8-20-6-10(15)5-14/h3-4,10-12,14-17H,1,5-8H2,2H3. The molecular weight excluding hydrogens is 284 g/mol. The number of carbonyl (C=O) groups excluding carboxylic acids is 1. The van der Waals surface area contributed by atoms with Crippen LogP contribution in [-0.2, 0) is 19.0 Å². The molecule has 8 nitrogen and oxygen atoms in total. The van der Waals surface area contributed by atoms with E-state index in [0.717, 1.165) is 12.3 Å². The highest BCUT2D eigenvalue weighted by molar-refractivity contribution is 5.87. The molecule has 0 aromatic carbocycles. The van der Waals surface area contributed by atoms with E-state index in [4.69, 9.17) is 19.7 Å². The second-order valence-electron chi connectivity index (χ2n) is 4.27. The zero-order valence-electron chi connectivity index (χ0n) is 11.8. The van der Waals surface area contributed by atoms with E-state index in [2.05, 4.69) is 11.3 Å². The number of esters is 1. The topological polar surface area (TPSA) is 126 Å². The normalized spacial score (nSPS) is 15.5. The lowest BCUT2D eigenvalue weighted by atomic mass is 10.4. The van der Waals surface area contributed by atoms with E-state index in [0.29, 0.717) is 0 Å². The Morgan fingerprint density at radius 1 is 1.19 bits per heavy atom. The lowest BCUT2D eigenvalue weighted by Gasteiger charge is -2.13. The lowest BCUT2D eigenvalue weighted by Crippen LogP contribution is -2.26. The maximum atomic E-state index is 11.0. The summed E-state index contributed by atoms with van der Waals surface area (Å²) in [6.45, 7) is 4.08. The van der Waals surface area contributed by atoms with Crippen LogP contribution in [-0.4, -0.2) is 71.3 Å². The number of aliphatic hydroxyl groups excluding tert-OH is 4. The van der Waals surface area contributed by atoms with Crippen molar-refractivity contribution in [2.24, 2.45) is 0 Å². The molecule has 0 bridgehead atoms. The van der Waals surface area contributed by atoms with Gasteiger partial charge in [-0.05, 0) is 6.92 Å². The van der Waals surface area contributed by atoms with Gasteiger partial charge in [-0.2, -0.15) is 0 Å².